The normalized spacial score (nSPS) is 29.0. The second-order valence-electron chi connectivity index (χ2n) is 5.81. The van der Waals surface area contributed by atoms with Crippen LogP contribution >= 0.6 is 0 Å². The summed E-state index contributed by atoms with van der Waals surface area (Å²) in [6.07, 6.45) is 4.13. The maximum atomic E-state index is 11.5. The van der Waals surface area contributed by atoms with Crippen LogP contribution in [0.1, 0.15) is 31.2 Å². The fourth-order valence-electron chi connectivity index (χ4n) is 3.49. The van der Waals surface area contributed by atoms with Gasteiger partial charge in [-0.05, 0) is 43.3 Å². The molecule has 2 nitrogen and oxygen atoms in total. The third-order valence-corrected chi connectivity index (χ3v) is 4.53. The van der Waals surface area contributed by atoms with Gasteiger partial charge in [0, 0.05) is 19.4 Å². The van der Waals surface area contributed by atoms with Crippen LogP contribution in [0.15, 0.2) is 30.3 Å². The number of likely N-dealkylation sites (tertiary alicyclic amines) is 1. The third kappa shape index (κ3) is 2.64. The van der Waals surface area contributed by atoms with Gasteiger partial charge in [-0.2, -0.15) is 0 Å². The van der Waals surface area contributed by atoms with E-state index in [0.29, 0.717) is 17.6 Å². The zero-order valence-corrected chi connectivity index (χ0v) is 10.8. The Labute approximate surface area is 109 Å². The van der Waals surface area contributed by atoms with Gasteiger partial charge in [-0.1, -0.05) is 30.3 Å². The summed E-state index contributed by atoms with van der Waals surface area (Å²) in [6, 6.07) is 10.7. The second kappa shape index (κ2) is 5.23. The van der Waals surface area contributed by atoms with Gasteiger partial charge in [0.25, 0.3) is 0 Å². The molecule has 2 unspecified atom stereocenters. The van der Waals surface area contributed by atoms with Crippen LogP contribution in [-0.4, -0.2) is 23.8 Å². The van der Waals surface area contributed by atoms with Crippen LogP contribution in [0.2, 0.25) is 0 Å². The number of benzene rings is 1. The molecule has 1 aliphatic carbocycles. The fourth-order valence-corrected chi connectivity index (χ4v) is 3.49. The molecule has 1 heterocycles. The first-order chi connectivity index (χ1) is 8.81. The smallest absolute Gasteiger partial charge is 0.133 e. The third-order valence-electron chi connectivity index (χ3n) is 4.53. The summed E-state index contributed by atoms with van der Waals surface area (Å²) in [7, 11) is 0. The molecule has 3 rings (SSSR count). The molecule has 18 heavy (non-hydrogen) atoms. The highest BCUT2D eigenvalue weighted by Gasteiger charge is 2.34. The summed E-state index contributed by atoms with van der Waals surface area (Å²) in [5.74, 6) is 1.86. The van der Waals surface area contributed by atoms with Crippen LogP contribution in [-0.2, 0) is 11.3 Å². The molecule has 1 aromatic rings. The zero-order chi connectivity index (χ0) is 12.4. The molecule has 2 atom stereocenters. The first-order valence-electron chi connectivity index (χ1n) is 7.09. The van der Waals surface area contributed by atoms with Crippen molar-refractivity contribution >= 4 is 5.78 Å². The minimum absolute atomic E-state index is 0.501. The summed E-state index contributed by atoms with van der Waals surface area (Å²) >= 11 is 0. The molecular formula is C16H21NO. The van der Waals surface area contributed by atoms with Crippen molar-refractivity contribution < 1.29 is 4.79 Å². The first-order valence-corrected chi connectivity index (χ1v) is 7.09. The van der Waals surface area contributed by atoms with Gasteiger partial charge in [-0.25, -0.2) is 0 Å². The highest BCUT2D eigenvalue weighted by atomic mass is 16.1. The van der Waals surface area contributed by atoms with E-state index >= 15 is 0 Å². The van der Waals surface area contributed by atoms with Crippen LogP contribution in [0.3, 0.4) is 0 Å². The van der Waals surface area contributed by atoms with Gasteiger partial charge in [0.15, 0.2) is 0 Å². The minimum atomic E-state index is 0.501. The number of nitrogens with zero attached hydrogens (tertiary/aromatic N) is 1. The van der Waals surface area contributed by atoms with Crippen molar-refractivity contribution in [2.75, 3.05) is 13.1 Å². The van der Waals surface area contributed by atoms with Crippen LogP contribution in [0.4, 0.5) is 0 Å². The Hall–Kier alpha value is -1.15. The molecule has 0 spiro atoms. The number of hydrogen-bond donors (Lipinski definition) is 0. The number of ketones is 1. The van der Waals surface area contributed by atoms with Gasteiger partial charge in [-0.15, -0.1) is 0 Å². The van der Waals surface area contributed by atoms with E-state index in [1.54, 1.807) is 0 Å². The molecular weight excluding hydrogens is 222 g/mol. The highest BCUT2D eigenvalue weighted by molar-refractivity contribution is 5.81. The van der Waals surface area contributed by atoms with E-state index in [1.165, 1.54) is 18.4 Å². The maximum Gasteiger partial charge on any atom is 0.133 e. The lowest BCUT2D eigenvalue weighted by Gasteiger charge is -2.20. The summed E-state index contributed by atoms with van der Waals surface area (Å²) in [5, 5.41) is 0. The molecule has 0 aromatic heterocycles. The average molecular weight is 243 g/mol. The average Bonchev–Trinajstić information content (AvgIpc) is 2.65. The quantitative estimate of drug-likeness (QED) is 0.796. The molecule has 1 aliphatic heterocycles. The highest BCUT2D eigenvalue weighted by Crippen LogP contribution is 2.36. The van der Waals surface area contributed by atoms with Gasteiger partial charge in [0.1, 0.15) is 5.78 Å². The SMILES string of the molecule is O=C1CC2CCN(Cc3ccccc3)CCC2C1. The monoisotopic (exact) mass is 243 g/mol. The number of rotatable bonds is 2. The predicted molar refractivity (Wildman–Crippen MR) is 72.2 cm³/mol. The Morgan fingerprint density at radius 2 is 1.61 bits per heavy atom. The van der Waals surface area contributed by atoms with Crippen molar-refractivity contribution in [3.05, 3.63) is 35.9 Å². The molecule has 96 valence electrons. The van der Waals surface area contributed by atoms with E-state index < -0.39 is 0 Å². The Kier molecular flexibility index (Phi) is 3.46. The van der Waals surface area contributed by atoms with Crippen molar-refractivity contribution in [2.24, 2.45) is 11.8 Å². The molecule has 2 fully saturated rings. The number of carbonyl (C=O) groups excluding carboxylic acids is 1. The Balaban J connectivity index is 1.59. The van der Waals surface area contributed by atoms with Crippen LogP contribution in [0, 0.1) is 11.8 Å². The molecule has 1 aromatic carbocycles. The van der Waals surface area contributed by atoms with Crippen LogP contribution in [0.25, 0.3) is 0 Å². The van der Waals surface area contributed by atoms with Crippen molar-refractivity contribution in [1.29, 1.82) is 0 Å². The van der Waals surface area contributed by atoms with Gasteiger partial charge in [0.05, 0.1) is 0 Å². The maximum absolute atomic E-state index is 11.5. The summed E-state index contributed by atoms with van der Waals surface area (Å²) < 4.78 is 0. The van der Waals surface area contributed by atoms with Gasteiger partial charge in [0.2, 0.25) is 0 Å². The van der Waals surface area contributed by atoms with E-state index in [-0.39, 0.29) is 0 Å². The van der Waals surface area contributed by atoms with Crippen LogP contribution < -0.4 is 0 Å². The topological polar surface area (TPSA) is 20.3 Å². The Morgan fingerprint density at radius 1 is 1.00 bits per heavy atom. The largest absolute Gasteiger partial charge is 0.300 e. The van der Waals surface area contributed by atoms with E-state index in [1.807, 2.05) is 0 Å². The lowest BCUT2D eigenvalue weighted by atomic mass is 9.92. The van der Waals surface area contributed by atoms with E-state index in [2.05, 4.69) is 35.2 Å². The molecule has 0 bridgehead atoms. The van der Waals surface area contributed by atoms with Gasteiger partial charge < -0.3 is 0 Å². The number of fused-ring (bicyclic) bond motifs is 1. The molecule has 2 aliphatic rings. The second-order valence-corrected chi connectivity index (χ2v) is 5.81. The summed E-state index contributed by atoms with van der Waals surface area (Å²) in [4.78, 5) is 14.0. The van der Waals surface area contributed by atoms with Crippen LogP contribution in [0.5, 0.6) is 0 Å². The van der Waals surface area contributed by atoms with Crippen molar-refractivity contribution in [3.63, 3.8) is 0 Å². The first kappa shape index (κ1) is 11.9. The molecule has 0 amide bonds. The molecule has 2 heteroatoms. The van der Waals surface area contributed by atoms with E-state index in [0.717, 1.165) is 32.5 Å². The number of carbonyl (C=O) groups is 1. The zero-order valence-electron chi connectivity index (χ0n) is 10.8. The standard InChI is InChI=1S/C16H21NO/c18-16-10-14-6-8-17(9-7-15(14)11-16)12-13-4-2-1-3-5-13/h1-5,14-15H,6-12H2. The van der Waals surface area contributed by atoms with Gasteiger partial charge in [-0.3, -0.25) is 9.69 Å². The van der Waals surface area contributed by atoms with Crippen molar-refractivity contribution in [2.45, 2.75) is 32.2 Å². The molecule has 1 saturated carbocycles. The van der Waals surface area contributed by atoms with Crippen molar-refractivity contribution in [1.82, 2.24) is 4.90 Å². The summed E-state index contributed by atoms with van der Waals surface area (Å²) in [5.41, 5.74) is 1.40. The number of Topliss-reactive ketones (excluding diaryl/α,β-unsaturated/α-hetero) is 1. The van der Waals surface area contributed by atoms with Gasteiger partial charge >= 0.3 is 0 Å². The Bertz CT molecular complexity index is 396. The molecule has 1 saturated heterocycles. The van der Waals surface area contributed by atoms with E-state index in [9.17, 15) is 4.79 Å². The molecule has 0 N–H and O–H groups in total. The lowest BCUT2D eigenvalue weighted by Crippen LogP contribution is -2.24. The molecule has 0 radical (unpaired) electrons. The van der Waals surface area contributed by atoms with E-state index in [4.69, 9.17) is 0 Å². The lowest BCUT2D eigenvalue weighted by molar-refractivity contribution is -0.117. The number of hydrogen-bond acceptors (Lipinski definition) is 2. The van der Waals surface area contributed by atoms with Crippen molar-refractivity contribution in [3.8, 4) is 0 Å². The fraction of sp³-hybridized carbons (Fsp3) is 0.562. The minimum Gasteiger partial charge on any atom is -0.300 e. The Morgan fingerprint density at radius 3 is 2.22 bits per heavy atom. The summed E-state index contributed by atoms with van der Waals surface area (Å²) in [6.45, 7) is 3.38. The predicted octanol–water partition coefficient (Wildman–Crippen LogP) is 2.88.